The van der Waals surface area contributed by atoms with E-state index in [4.69, 9.17) is 0 Å². The summed E-state index contributed by atoms with van der Waals surface area (Å²) in [4.78, 5) is 24.6. The lowest BCUT2D eigenvalue weighted by Crippen LogP contribution is -2.26. The van der Waals surface area contributed by atoms with Gasteiger partial charge < -0.3 is 5.32 Å². The van der Waals surface area contributed by atoms with E-state index in [9.17, 15) is 18.0 Å². The van der Waals surface area contributed by atoms with Crippen LogP contribution >= 0.6 is 0 Å². The summed E-state index contributed by atoms with van der Waals surface area (Å²) >= 11 is 0. The average molecular weight is 427 g/mol. The maximum atomic E-state index is 12.4. The van der Waals surface area contributed by atoms with Crippen molar-refractivity contribution in [1.82, 2.24) is 19.7 Å². The Kier molecular flexibility index (Phi) is 6.70. The van der Waals surface area contributed by atoms with Crippen molar-refractivity contribution in [3.05, 3.63) is 77.1 Å². The van der Waals surface area contributed by atoms with Crippen LogP contribution in [-0.2, 0) is 27.1 Å². The smallest absolute Gasteiger partial charge is 0.277 e. The fourth-order valence-electron chi connectivity index (χ4n) is 2.74. The number of nitrogens with one attached hydrogen (secondary N) is 2. The monoisotopic (exact) mass is 427 g/mol. The molecule has 2 aromatic carbocycles. The molecule has 10 heteroatoms. The molecule has 0 spiro atoms. The average Bonchev–Trinajstić information content (AvgIpc) is 2.73. The second kappa shape index (κ2) is 9.42. The van der Waals surface area contributed by atoms with Crippen molar-refractivity contribution in [1.29, 1.82) is 0 Å². The molecule has 0 fully saturated rings. The first kappa shape index (κ1) is 21.3. The van der Waals surface area contributed by atoms with Crippen LogP contribution in [0.4, 0.5) is 5.69 Å². The highest BCUT2D eigenvalue weighted by atomic mass is 32.2. The molecule has 3 aromatic rings. The van der Waals surface area contributed by atoms with E-state index in [0.29, 0.717) is 22.2 Å². The first-order valence-electron chi connectivity index (χ1n) is 9.17. The van der Waals surface area contributed by atoms with Crippen molar-refractivity contribution < 1.29 is 13.2 Å². The van der Waals surface area contributed by atoms with Crippen LogP contribution in [0.15, 0.2) is 66.0 Å². The second-order valence-electron chi connectivity index (χ2n) is 6.53. The highest BCUT2D eigenvalue weighted by Crippen LogP contribution is 2.12. The number of carbonyl (C=O) groups is 1. The molecule has 1 amide bonds. The fraction of sp³-hybridized carbons (Fsp3) is 0.200. The van der Waals surface area contributed by atoms with Crippen LogP contribution in [0.1, 0.15) is 12.0 Å². The molecular weight excluding hydrogens is 406 g/mol. The van der Waals surface area contributed by atoms with Gasteiger partial charge in [-0.25, -0.2) is 17.8 Å². The zero-order valence-electron chi connectivity index (χ0n) is 16.1. The SMILES string of the molecule is C=CCNS(=O)(=O)Cc1ccc(NC(=O)CCn2nnc3ccccc3c2=O)cc1. The van der Waals surface area contributed by atoms with Crippen LogP contribution in [-0.4, -0.2) is 35.9 Å². The topological polar surface area (TPSA) is 123 Å². The summed E-state index contributed by atoms with van der Waals surface area (Å²) in [5.41, 5.74) is 1.31. The zero-order valence-corrected chi connectivity index (χ0v) is 16.9. The van der Waals surface area contributed by atoms with Gasteiger partial charge in [0.2, 0.25) is 15.9 Å². The minimum absolute atomic E-state index is 0.0362. The first-order valence-corrected chi connectivity index (χ1v) is 10.8. The van der Waals surface area contributed by atoms with Gasteiger partial charge in [-0.1, -0.05) is 35.6 Å². The van der Waals surface area contributed by atoms with Gasteiger partial charge in [0.05, 0.1) is 17.7 Å². The number of rotatable bonds is 9. The van der Waals surface area contributed by atoms with Gasteiger partial charge in [0.25, 0.3) is 5.56 Å². The number of benzene rings is 2. The predicted molar refractivity (Wildman–Crippen MR) is 114 cm³/mol. The Morgan fingerprint density at radius 1 is 1.13 bits per heavy atom. The molecule has 30 heavy (non-hydrogen) atoms. The van der Waals surface area contributed by atoms with E-state index < -0.39 is 10.0 Å². The molecule has 156 valence electrons. The minimum Gasteiger partial charge on any atom is -0.326 e. The Morgan fingerprint density at radius 2 is 1.87 bits per heavy atom. The Bertz CT molecular complexity index is 1220. The largest absolute Gasteiger partial charge is 0.326 e. The third-order valence-corrected chi connectivity index (χ3v) is 5.54. The van der Waals surface area contributed by atoms with Crippen molar-refractivity contribution in [2.75, 3.05) is 11.9 Å². The normalized spacial score (nSPS) is 11.3. The van der Waals surface area contributed by atoms with Crippen LogP contribution in [0.5, 0.6) is 0 Å². The van der Waals surface area contributed by atoms with Gasteiger partial charge >= 0.3 is 0 Å². The summed E-state index contributed by atoms with van der Waals surface area (Å²) in [6.07, 6.45) is 1.50. The number of hydrogen-bond acceptors (Lipinski definition) is 6. The first-order chi connectivity index (χ1) is 14.4. The maximum Gasteiger partial charge on any atom is 0.277 e. The van der Waals surface area contributed by atoms with Crippen LogP contribution in [0.25, 0.3) is 10.9 Å². The van der Waals surface area contributed by atoms with E-state index in [-0.39, 0.29) is 36.7 Å². The predicted octanol–water partition coefficient (Wildman–Crippen LogP) is 1.43. The third-order valence-electron chi connectivity index (χ3n) is 4.22. The summed E-state index contributed by atoms with van der Waals surface area (Å²) in [6, 6.07) is 13.4. The zero-order chi connectivity index (χ0) is 21.6. The van der Waals surface area contributed by atoms with Crippen molar-refractivity contribution in [3.63, 3.8) is 0 Å². The summed E-state index contributed by atoms with van der Waals surface area (Å²) in [7, 11) is -3.45. The Labute approximate surface area is 173 Å². The molecule has 1 heterocycles. The molecule has 1 aromatic heterocycles. The molecule has 9 nitrogen and oxygen atoms in total. The van der Waals surface area contributed by atoms with E-state index >= 15 is 0 Å². The van der Waals surface area contributed by atoms with Crippen LogP contribution in [0, 0.1) is 0 Å². The Morgan fingerprint density at radius 3 is 2.60 bits per heavy atom. The molecule has 0 aliphatic carbocycles. The van der Waals surface area contributed by atoms with Gasteiger partial charge in [-0.3, -0.25) is 9.59 Å². The molecule has 0 aliphatic heterocycles. The molecule has 3 rings (SSSR count). The number of hydrogen-bond donors (Lipinski definition) is 2. The summed E-state index contributed by atoms with van der Waals surface area (Å²) in [5, 5.41) is 11.0. The van der Waals surface area contributed by atoms with E-state index in [2.05, 4.69) is 26.9 Å². The molecule has 0 saturated heterocycles. The van der Waals surface area contributed by atoms with Crippen LogP contribution in [0.2, 0.25) is 0 Å². The Balaban J connectivity index is 1.57. The lowest BCUT2D eigenvalue weighted by Gasteiger charge is -2.08. The molecular formula is C20H21N5O4S. The van der Waals surface area contributed by atoms with Gasteiger partial charge in [-0.2, -0.15) is 0 Å². The molecule has 0 saturated carbocycles. The van der Waals surface area contributed by atoms with E-state index in [0.717, 1.165) is 4.68 Å². The van der Waals surface area contributed by atoms with Gasteiger partial charge in [0.1, 0.15) is 5.52 Å². The number of carbonyl (C=O) groups excluding carboxylic acids is 1. The quantitative estimate of drug-likeness (QED) is 0.498. The summed E-state index contributed by atoms with van der Waals surface area (Å²) in [6.45, 7) is 3.73. The highest BCUT2D eigenvalue weighted by molar-refractivity contribution is 7.88. The lowest BCUT2D eigenvalue weighted by atomic mass is 10.2. The molecule has 0 radical (unpaired) electrons. The van der Waals surface area contributed by atoms with Crippen molar-refractivity contribution in [3.8, 4) is 0 Å². The molecule has 0 bridgehead atoms. The summed E-state index contributed by atoms with van der Waals surface area (Å²) < 4.78 is 27.3. The van der Waals surface area contributed by atoms with Crippen LogP contribution < -0.4 is 15.6 Å². The van der Waals surface area contributed by atoms with Gasteiger partial charge in [-0.15, -0.1) is 11.7 Å². The van der Waals surface area contributed by atoms with E-state index in [1.165, 1.54) is 6.08 Å². The van der Waals surface area contributed by atoms with Gasteiger partial charge in [0.15, 0.2) is 0 Å². The second-order valence-corrected chi connectivity index (χ2v) is 8.33. The standard InChI is InChI=1S/C20H21N5O4S/c1-2-12-21-30(28,29)14-15-7-9-16(10-8-15)22-19(26)11-13-25-20(27)17-5-3-4-6-18(17)23-24-25/h2-10,21H,1,11-14H2,(H,22,26). The molecule has 0 unspecified atom stereocenters. The van der Waals surface area contributed by atoms with E-state index in [1.807, 2.05) is 0 Å². The molecule has 0 atom stereocenters. The number of fused-ring (bicyclic) bond motifs is 1. The highest BCUT2D eigenvalue weighted by Gasteiger charge is 2.11. The van der Waals surface area contributed by atoms with Crippen molar-refractivity contribution in [2.45, 2.75) is 18.7 Å². The summed E-state index contributed by atoms with van der Waals surface area (Å²) in [5.74, 6) is -0.469. The Hall–Kier alpha value is -3.37. The minimum atomic E-state index is -3.45. The number of amides is 1. The van der Waals surface area contributed by atoms with Gasteiger partial charge in [0, 0.05) is 18.7 Å². The number of aromatic nitrogens is 3. The molecule has 0 aliphatic rings. The maximum absolute atomic E-state index is 12.4. The lowest BCUT2D eigenvalue weighted by molar-refractivity contribution is -0.116. The fourth-order valence-corrected chi connectivity index (χ4v) is 3.85. The van der Waals surface area contributed by atoms with Gasteiger partial charge in [-0.05, 0) is 29.8 Å². The van der Waals surface area contributed by atoms with Crippen molar-refractivity contribution in [2.24, 2.45) is 0 Å². The third kappa shape index (κ3) is 5.58. The number of aryl methyl sites for hydroxylation is 1. The molecule has 2 N–H and O–H groups in total. The number of sulfonamides is 1. The van der Waals surface area contributed by atoms with E-state index in [1.54, 1.807) is 48.5 Å². The van der Waals surface area contributed by atoms with Crippen LogP contribution in [0.3, 0.4) is 0 Å². The van der Waals surface area contributed by atoms with Crippen molar-refractivity contribution >= 4 is 32.5 Å². The number of nitrogens with zero attached hydrogens (tertiary/aromatic N) is 3. The number of anilines is 1.